The van der Waals surface area contributed by atoms with Crippen LogP contribution in [0.15, 0.2) is 11.0 Å². The van der Waals surface area contributed by atoms with Gasteiger partial charge in [-0.15, -0.1) is 0 Å². The molecule has 3 aliphatic rings. The van der Waals surface area contributed by atoms with Gasteiger partial charge in [-0.05, 0) is 57.2 Å². The van der Waals surface area contributed by atoms with Crippen LogP contribution in [0.5, 0.6) is 0 Å². The van der Waals surface area contributed by atoms with E-state index < -0.39 is 0 Å². The van der Waals surface area contributed by atoms with Gasteiger partial charge in [0, 0.05) is 24.0 Å². The van der Waals surface area contributed by atoms with Gasteiger partial charge in [-0.3, -0.25) is 9.69 Å². The van der Waals surface area contributed by atoms with E-state index in [0.717, 1.165) is 29.9 Å². The standard InChI is InChI=1S/C18H22N2O2S2/c1-11-8-13(12(2)20(11)14-5-6-14)9-16-17(21)19(18(23)24-16)10-15-4-3-7-22-15/h8-9,14-15H,3-7,10H2,1-2H3/b16-9+. The largest absolute Gasteiger partial charge is 0.376 e. The maximum atomic E-state index is 12.7. The fourth-order valence-electron chi connectivity index (χ4n) is 3.63. The van der Waals surface area contributed by atoms with Gasteiger partial charge in [-0.25, -0.2) is 0 Å². The first-order valence-electron chi connectivity index (χ1n) is 8.60. The van der Waals surface area contributed by atoms with Gasteiger partial charge < -0.3 is 9.30 Å². The fourth-order valence-corrected chi connectivity index (χ4v) is 4.90. The molecule has 3 heterocycles. The van der Waals surface area contributed by atoms with Crippen LogP contribution >= 0.6 is 24.0 Å². The number of hydrogen-bond donors (Lipinski definition) is 0. The Labute approximate surface area is 152 Å². The number of carbonyl (C=O) groups excluding carboxylic acids is 1. The summed E-state index contributed by atoms with van der Waals surface area (Å²) < 4.78 is 8.70. The Morgan fingerprint density at radius 3 is 2.83 bits per heavy atom. The number of aryl methyl sites for hydroxylation is 1. The second kappa shape index (κ2) is 6.32. The highest BCUT2D eigenvalue weighted by Gasteiger charge is 2.35. The molecule has 128 valence electrons. The number of rotatable bonds is 4. The number of amides is 1. The molecule has 1 saturated carbocycles. The van der Waals surface area contributed by atoms with Crippen LogP contribution in [0, 0.1) is 13.8 Å². The zero-order valence-electron chi connectivity index (χ0n) is 14.1. The van der Waals surface area contributed by atoms with Gasteiger partial charge in [0.25, 0.3) is 5.91 Å². The molecule has 24 heavy (non-hydrogen) atoms. The van der Waals surface area contributed by atoms with Crippen LogP contribution in [0.1, 0.15) is 48.7 Å². The van der Waals surface area contributed by atoms with E-state index in [-0.39, 0.29) is 12.0 Å². The van der Waals surface area contributed by atoms with Crippen molar-refractivity contribution in [3.63, 3.8) is 0 Å². The van der Waals surface area contributed by atoms with Gasteiger partial charge in [0.15, 0.2) is 0 Å². The Bertz CT molecular complexity index is 728. The molecule has 1 unspecified atom stereocenters. The third-order valence-corrected chi connectivity index (χ3v) is 6.38. The zero-order valence-corrected chi connectivity index (χ0v) is 15.7. The molecule has 1 aromatic rings. The lowest BCUT2D eigenvalue weighted by atomic mass is 10.2. The summed E-state index contributed by atoms with van der Waals surface area (Å²) >= 11 is 6.84. The second-order valence-corrected chi connectivity index (χ2v) is 8.53. The first-order valence-corrected chi connectivity index (χ1v) is 9.82. The van der Waals surface area contributed by atoms with Gasteiger partial charge in [-0.1, -0.05) is 24.0 Å². The smallest absolute Gasteiger partial charge is 0.266 e. The Balaban J connectivity index is 1.56. The maximum absolute atomic E-state index is 12.7. The van der Waals surface area contributed by atoms with Gasteiger partial charge in [0.1, 0.15) is 4.32 Å². The highest BCUT2D eigenvalue weighted by atomic mass is 32.2. The molecule has 0 aromatic carbocycles. The van der Waals surface area contributed by atoms with E-state index in [0.29, 0.717) is 16.9 Å². The van der Waals surface area contributed by atoms with Crippen molar-refractivity contribution in [3.8, 4) is 0 Å². The first kappa shape index (κ1) is 16.4. The number of thioether (sulfide) groups is 1. The van der Waals surface area contributed by atoms with Crippen molar-refractivity contribution in [2.45, 2.75) is 51.7 Å². The molecule has 1 aromatic heterocycles. The number of aromatic nitrogens is 1. The molecule has 0 radical (unpaired) electrons. The third-order valence-electron chi connectivity index (χ3n) is 5.01. The second-order valence-electron chi connectivity index (χ2n) is 6.85. The van der Waals surface area contributed by atoms with Crippen LogP contribution in [0.2, 0.25) is 0 Å². The summed E-state index contributed by atoms with van der Waals surface area (Å²) in [6.07, 6.45) is 6.75. The molecule has 0 spiro atoms. The van der Waals surface area contributed by atoms with Gasteiger partial charge in [0.2, 0.25) is 0 Å². The summed E-state index contributed by atoms with van der Waals surface area (Å²) in [5.41, 5.74) is 3.66. The monoisotopic (exact) mass is 362 g/mol. The van der Waals surface area contributed by atoms with Crippen LogP contribution in [-0.2, 0) is 9.53 Å². The first-order chi connectivity index (χ1) is 11.5. The van der Waals surface area contributed by atoms with Crippen molar-refractivity contribution in [1.82, 2.24) is 9.47 Å². The molecule has 4 nitrogen and oxygen atoms in total. The zero-order chi connectivity index (χ0) is 16.8. The molecule has 2 aliphatic heterocycles. The predicted molar refractivity (Wildman–Crippen MR) is 101 cm³/mol. The van der Waals surface area contributed by atoms with Crippen molar-refractivity contribution in [2.24, 2.45) is 0 Å². The summed E-state index contributed by atoms with van der Waals surface area (Å²) in [7, 11) is 0. The van der Waals surface area contributed by atoms with Crippen LogP contribution < -0.4 is 0 Å². The molecular weight excluding hydrogens is 340 g/mol. The van der Waals surface area contributed by atoms with Crippen LogP contribution in [0.3, 0.4) is 0 Å². The molecule has 6 heteroatoms. The third kappa shape index (κ3) is 2.95. The Morgan fingerprint density at radius 2 is 2.17 bits per heavy atom. The molecule has 2 saturated heterocycles. The van der Waals surface area contributed by atoms with Crippen LogP contribution in [0.25, 0.3) is 6.08 Å². The summed E-state index contributed by atoms with van der Waals surface area (Å²) in [6.45, 7) is 5.67. The van der Waals surface area contributed by atoms with E-state index >= 15 is 0 Å². The highest BCUT2D eigenvalue weighted by Crippen LogP contribution is 2.40. The molecule has 1 atom stereocenters. The van der Waals surface area contributed by atoms with Crippen molar-refractivity contribution < 1.29 is 9.53 Å². The van der Waals surface area contributed by atoms with Crippen molar-refractivity contribution in [2.75, 3.05) is 13.2 Å². The van der Waals surface area contributed by atoms with Crippen molar-refractivity contribution in [3.05, 3.63) is 27.9 Å². The number of ether oxygens (including phenoxy) is 1. The Hall–Kier alpha value is -1.11. The summed E-state index contributed by atoms with van der Waals surface area (Å²) in [5.74, 6) is 0.0247. The van der Waals surface area contributed by atoms with E-state index in [1.807, 2.05) is 6.08 Å². The minimum Gasteiger partial charge on any atom is -0.376 e. The molecule has 1 amide bonds. The quantitative estimate of drug-likeness (QED) is 0.602. The summed E-state index contributed by atoms with van der Waals surface area (Å²) in [6, 6.07) is 2.83. The lowest BCUT2D eigenvalue weighted by Gasteiger charge is -2.18. The van der Waals surface area contributed by atoms with E-state index in [4.69, 9.17) is 17.0 Å². The van der Waals surface area contributed by atoms with Gasteiger partial charge in [-0.2, -0.15) is 0 Å². The van der Waals surface area contributed by atoms with E-state index in [1.54, 1.807) is 4.90 Å². The number of carbonyl (C=O) groups is 1. The average molecular weight is 363 g/mol. The van der Waals surface area contributed by atoms with E-state index in [2.05, 4.69) is 24.5 Å². The van der Waals surface area contributed by atoms with Gasteiger partial charge >= 0.3 is 0 Å². The Morgan fingerprint density at radius 1 is 1.38 bits per heavy atom. The van der Waals surface area contributed by atoms with Crippen LogP contribution in [-0.4, -0.2) is 39.0 Å². The minimum atomic E-state index is 0.0247. The fraction of sp³-hybridized carbons (Fsp3) is 0.556. The molecule has 0 N–H and O–H groups in total. The number of thiocarbonyl (C=S) groups is 1. The summed E-state index contributed by atoms with van der Waals surface area (Å²) in [5, 5.41) is 0. The molecule has 0 bridgehead atoms. The molecule has 1 aliphatic carbocycles. The topological polar surface area (TPSA) is 34.5 Å². The van der Waals surface area contributed by atoms with Crippen molar-refractivity contribution >= 4 is 40.3 Å². The summed E-state index contributed by atoms with van der Waals surface area (Å²) in [4.78, 5) is 15.2. The molecular formula is C18H22N2O2S2. The van der Waals surface area contributed by atoms with Crippen molar-refractivity contribution in [1.29, 1.82) is 0 Å². The van der Waals surface area contributed by atoms with E-state index in [9.17, 15) is 4.79 Å². The van der Waals surface area contributed by atoms with Gasteiger partial charge in [0.05, 0.1) is 17.6 Å². The lowest BCUT2D eigenvalue weighted by molar-refractivity contribution is -0.123. The highest BCUT2D eigenvalue weighted by molar-refractivity contribution is 8.26. The minimum absolute atomic E-state index is 0.0247. The Kier molecular flexibility index (Phi) is 4.31. The predicted octanol–water partition coefficient (Wildman–Crippen LogP) is 3.82. The molecule has 3 fully saturated rings. The average Bonchev–Trinajstić information content (AvgIpc) is 3.06. The van der Waals surface area contributed by atoms with E-state index in [1.165, 1.54) is 36.0 Å². The number of hydrogen-bond acceptors (Lipinski definition) is 4. The molecule has 4 rings (SSSR count). The maximum Gasteiger partial charge on any atom is 0.266 e. The normalized spacial score (nSPS) is 26.2. The number of nitrogens with zero attached hydrogens (tertiary/aromatic N) is 2. The lowest BCUT2D eigenvalue weighted by Crippen LogP contribution is -2.35. The van der Waals surface area contributed by atoms with Crippen LogP contribution in [0.4, 0.5) is 0 Å². The SMILES string of the molecule is Cc1cc(/C=C2/SC(=S)N(CC3CCCO3)C2=O)c(C)n1C1CC1.